The van der Waals surface area contributed by atoms with E-state index < -0.39 is 0 Å². The molecule has 0 amide bonds. The first-order valence-corrected chi connectivity index (χ1v) is 6.16. The molecule has 0 aliphatic rings. The zero-order valence-corrected chi connectivity index (χ0v) is 10.3. The number of anilines is 1. The van der Waals surface area contributed by atoms with Gasteiger partial charge >= 0.3 is 0 Å². The van der Waals surface area contributed by atoms with Crippen molar-refractivity contribution < 1.29 is 4.74 Å². The molecule has 1 unspecified atom stereocenters. The Labute approximate surface area is 99.9 Å². The van der Waals surface area contributed by atoms with Crippen molar-refractivity contribution in [1.29, 1.82) is 0 Å². The van der Waals surface area contributed by atoms with Crippen LogP contribution in [-0.4, -0.2) is 7.11 Å². The number of hydrogen-bond donors (Lipinski definition) is 1. The van der Waals surface area contributed by atoms with E-state index in [4.69, 9.17) is 4.74 Å². The molecule has 0 radical (unpaired) electrons. The Hall–Kier alpha value is -1.48. The molecule has 2 nitrogen and oxygen atoms in total. The summed E-state index contributed by atoms with van der Waals surface area (Å²) in [7, 11) is 1.68. The molecule has 0 aliphatic heterocycles. The number of hydrogen-bond acceptors (Lipinski definition) is 3. The standard InChI is InChI=1S/C13H15NOS/c1-10(14-12-7-8-16-9-12)11-3-5-13(15-2)6-4-11/h3-10,14H,1-2H3. The highest BCUT2D eigenvalue weighted by Gasteiger charge is 2.05. The Kier molecular flexibility index (Phi) is 3.47. The largest absolute Gasteiger partial charge is 0.497 e. The van der Waals surface area contributed by atoms with Gasteiger partial charge in [-0.25, -0.2) is 0 Å². The highest BCUT2D eigenvalue weighted by Crippen LogP contribution is 2.22. The molecule has 2 rings (SSSR count). The molecule has 3 heteroatoms. The van der Waals surface area contributed by atoms with E-state index in [1.807, 2.05) is 12.1 Å². The van der Waals surface area contributed by atoms with Gasteiger partial charge in [-0.3, -0.25) is 0 Å². The second kappa shape index (κ2) is 5.03. The normalized spacial score (nSPS) is 12.1. The lowest BCUT2D eigenvalue weighted by atomic mass is 10.1. The molecule has 0 saturated heterocycles. The third-order valence-electron chi connectivity index (χ3n) is 2.52. The van der Waals surface area contributed by atoms with Crippen LogP contribution in [0, 0.1) is 0 Å². The molecule has 1 heterocycles. The van der Waals surface area contributed by atoms with E-state index in [0.717, 1.165) is 5.75 Å². The first-order chi connectivity index (χ1) is 7.79. The van der Waals surface area contributed by atoms with Crippen LogP contribution in [-0.2, 0) is 0 Å². The average Bonchev–Trinajstić information content (AvgIpc) is 2.82. The Balaban J connectivity index is 2.05. The van der Waals surface area contributed by atoms with Crippen LogP contribution in [0.5, 0.6) is 5.75 Å². The number of thiophene rings is 1. The van der Waals surface area contributed by atoms with Gasteiger partial charge < -0.3 is 10.1 Å². The lowest BCUT2D eigenvalue weighted by Gasteiger charge is -2.14. The van der Waals surface area contributed by atoms with Gasteiger partial charge in [-0.2, -0.15) is 11.3 Å². The summed E-state index contributed by atoms with van der Waals surface area (Å²) < 4.78 is 5.14. The van der Waals surface area contributed by atoms with Crippen LogP contribution in [0.4, 0.5) is 5.69 Å². The van der Waals surface area contributed by atoms with Crippen LogP contribution in [0.25, 0.3) is 0 Å². The summed E-state index contributed by atoms with van der Waals surface area (Å²) in [6, 6.07) is 10.5. The predicted molar refractivity (Wildman–Crippen MR) is 69.4 cm³/mol. The highest BCUT2D eigenvalue weighted by molar-refractivity contribution is 7.08. The van der Waals surface area contributed by atoms with E-state index in [-0.39, 0.29) is 0 Å². The molecule has 0 saturated carbocycles. The zero-order valence-electron chi connectivity index (χ0n) is 9.44. The molecule has 0 spiro atoms. The summed E-state index contributed by atoms with van der Waals surface area (Å²) in [4.78, 5) is 0. The van der Waals surface area contributed by atoms with Gasteiger partial charge in [0.15, 0.2) is 0 Å². The van der Waals surface area contributed by atoms with Gasteiger partial charge in [-0.15, -0.1) is 0 Å². The molecule has 2 aromatic rings. The molecule has 0 fully saturated rings. The summed E-state index contributed by atoms with van der Waals surface area (Å²) in [5.41, 5.74) is 2.43. The van der Waals surface area contributed by atoms with Gasteiger partial charge in [-0.05, 0) is 36.1 Å². The summed E-state index contributed by atoms with van der Waals surface area (Å²) in [5, 5.41) is 7.63. The van der Waals surface area contributed by atoms with Gasteiger partial charge in [0.2, 0.25) is 0 Å². The highest BCUT2D eigenvalue weighted by atomic mass is 32.1. The van der Waals surface area contributed by atoms with Gasteiger partial charge in [0.1, 0.15) is 5.75 Å². The molecule has 1 aromatic carbocycles. The second-order valence-electron chi connectivity index (χ2n) is 3.65. The van der Waals surface area contributed by atoms with Crippen molar-refractivity contribution in [2.24, 2.45) is 0 Å². The summed E-state index contributed by atoms with van der Waals surface area (Å²) >= 11 is 1.70. The fraction of sp³-hybridized carbons (Fsp3) is 0.231. The lowest BCUT2D eigenvalue weighted by Crippen LogP contribution is -2.05. The maximum atomic E-state index is 5.14. The molecule has 84 valence electrons. The number of benzene rings is 1. The topological polar surface area (TPSA) is 21.3 Å². The molecular formula is C13H15NOS. The van der Waals surface area contributed by atoms with Crippen LogP contribution >= 0.6 is 11.3 Å². The minimum atomic E-state index is 0.306. The van der Waals surface area contributed by atoms with Crippen molar-refractivity contribution in [1.82, 2.24) is 0 Å². The van der Waals surface area contributed by atoms with Gasteiger partial charge in [0.25, 0.3) is 0 Å². The Morgan fingerprint density at radius 2 is 1.94 bits per heavy atom. The maximum Gasteiger partial charge on any atom is 0.118 e. The third kappa shape index (κ3) is 2.55. The van der Waals surface area contributed by atoms with Crippen LogP contribution in [0.1, 0.15) is 18.5 Å². The molecule has 0 bridgehead atoms. The number of nitrogens with one attached hydrogen (secondary N) is 1. The van der Waals surface area contributed by atoms with Crippen molar-refractivity contribution >= 4 is 17.0 Å². The fourth-order valence-corrected chi connectivity index (χ4v) is 2.17. The van der Waals surface area contributed by atoms with Gasteiger partial charge in [0, 0.05) is 17.1 Å². The van der Waals surface area contributed by atoms with Crippen molar-refractivity contribution in [2.75, 3.05) is 12.4 Å². The fourth-order valence-electron chi connectivity index (χ4n) is 1.57. The summed E-state index contributed by atoms with van der Waals surface area (Å²) in [6.45, 7) is 2.15. The summed E-state index contributed by atoms with van der Waals surface area (Å²) in [5.74, 6) is 0.895. The molecular weight excluding hydrogens is 218 g/mol. The smallest absolute Gasteiger partial charge is 0.118 e. The number of ether oxygens (including phenoxy) is 1. The van der Waals surface area contributed by atoms with Crippen molar-refractivity contribution in [3.8, 4) is 5.75 Å². The SMILES string of the molecule is COc1ccc(C(C)Nc2ccsc2)cc1. The quantitative estimate of drug-likeness (QED) is 0.864. The van der Waals surface area contributed by atoms with Gasteiger partial charge in [-0.1, -0.05) is 12.1 Å². The van der Waals surface area contributed by atoms with Crippen LogP contribution < -0.4 is 10.1 Å². The molecule has 1 atom stereocenters. The first kappa shape index (κ1) is 11.0. The van der Waals surface area contributed by atoms with Crippen molar-refractivity contribution in [2.45, 2.75) is 13.0 Å². The second-order valence-corrected chi connectivity index (χ2v) is 4.43. The number of methoxy groups -OCH3 is 1. The summed E-state index contributed by atoms with van der Waals surface area (Å²) in [6.07, 6.45) is 0. The molecule has 1 N–H and O–H groups in total. The van der Waals surface area contributed by atoms with E-state index in [1.54, 1.807) is 18.4 Å². The van der Waals surface area contributed by atoms with E-state index >= 15 is 0 Å². The third-order valence-corrected chi connectivity index (χ3v) is 3.20. The zero-order chi connectivity index (χ0) is 11.4. The molecule has 1 aromatic heterocycles. The first-order valence-electron chi connectivity index (χ1n) is 5.22. The minimum absolute atomic E-state index is 0.306. The van der Waals surface area contributed by atoms with Crippen LogP contribution in [0.2, 0.25) is 0 Å². The Morgan fingerprint density at radius 3 is 2.50 bits per heavy atom. The Morgan fingerprint density at radius 1 is 1.19 bits per heavy atom. The Bertz CT molecular complexity index is 422. The lowest BCUT2D eigenvalue weighted by molar-refractivity contribution is 0.414. The molecule has 16 heavy (non-hydrogen) atoms. The van der Waals surface area contributed by atoms with E-state index in [1.165, 1.54) is 11.3 Å². The van der Waals surface area contributed by atoms with Crippen LogP contribution in [0.15, 0.2) is 41.1 Å². The van der Waals surface area contributed by atoms with Crippen molar-refractivity contribution in [3.05, 3.63) is 46.7 Å². The van der Waals surface area contributed by atoms with Crippen LogP contribution in [0.3, 0.4) is 0 Å². The van der Waals surface area contributed by atoms with E-state index in [2.05, 4.69) is 41.2 Å². The predicted octanol–water partition coefficient (Wildman–Crippen LogP) is 3.93. The average molecular weight is 233 g/mol. The number of rotatable bonds is 4. The minimum Gasteiger partial charge on any atom is -0.497 e. The van der Waals surface area contributed by atoms with Gasteiger partial charge in [0.05, 0.1) is 7.11 Å². The maximum absolute atomic E-state index is 5.14. The molecule has 0 aliphatic carbocycles. The van der Waals surface area contributed by atoms with Crippen molar-refractivity contribution in [3.63, 3.8) is 0 Å². The van der Waals surface area contributed by atoms with E-state index in [9.17, 15) is 0 Å². The monoisotopic (exact) mass is 233 g/mol. The van der Waals surface area contributed by atoms with E-state index in [0.29, 0.717) is 6.04 Å².